The molecule has 20 heavy (non-hydrogen) atoms. The Labute approximate surface area is 121 Å². The van der Waals surface area contributed by atoms with E-state index in [9.17, 15) is 9.18 Å². The predicted molar refractivity (Wildman–Crippen MR) is 76.1 cm³/mol. The first-order chi connectivity index (χ1) is 9.49. The van der Waals surface area contributed by atoms with Crippen molar-refractivity contribution in [3.05, 3.63) is 63.9 Å². The van der Waals surface area contributed by atoms with Crippen LogP contribution in [0.25, 0.3) is 0 Å². The molecule has 0 atom stereocenters. The summed E-state index contributed by atoms with van der Waals surface area (Å²) in [7, 11) is 0. The number of nitrogens with two attached hydrogens (primary N) is 1. The highest BCUT2D eigenvalue weighted by Gasteiger charge is 2.13. The van der Waals surface area contributed by atoms with E-state index < -0.39 is 11.8 Å². The summed E-state index contributed by atoms with van der Waals surface area (Å²) in [4.78, 5) is 12.0. The number of hydrogen-bond donors (Lipinski definition) is 1. The van der Waals surface area contributed by atoms with Gasteiger partial charge >= 0.3 is 5.97 Å². The van der Waals surface area contributed by atoms with Crippen molar-refractivity contribution in [3.8, 4) is 0 Å². The van der Waals surface area contributed by atoms with E-state index in [0.29, 0.717) is 21.8 Å². The average molecular weight is 294 g/mol. The molecule has 0 saturated heterocycles. The number of halogens is 2. The monoisotopic (exact) mass is 293 g/mol. The fourth-order valence-corrected chi connectivity index (χ4v) is 1.94. The average Bonchev–Trinajstić information content (AvgIpc) is 2.42. The number of anilines is 1. The Balaban J connectivity index is 2.13. The van der Waals surface area contributed by atoms with E-state index in [0.717, 1.165) is 0 Å². The highest BCUT2D eigenvalue weighted by molar-refractivity contribution is 6.30. The molecule has 0 bridgehead atoms. The number of benzene rings is 2. The molecule has 5 heteroatoms. The molecule has 0 spiro atoms. The number of ether oxygens (including phenoxy) is 1. The zero-order valence-corrected chi connectivity index (χ0v) is 11.6. The standard InChI is InChI=1S/C15H13ClFNO2/c1-9-12(3-2-4-14(9)18)15(19)20-8-10-7-11(16)5-6-13(10)17/h2-7H,8,18H2,1H3. The van der Waals surface area contributed by atoms with Gasteiger partial charge in [0.05, 0.1) is 5.56 Å². The first-order valence-electron chi connectivity index (χ1n) is 5.95. The SMILES string of the molecule is Cc1c(N)cccc1C(=O)OCc1cc(Cl)ccc1F. The molecule has 0 saturated carbocycles. The van der Waals surface area contributed by atoms with Crippen LogP contribution in [0.5, 0.6) is 0 Å². The molecule has 0 radical (unpaired) electrons. The maximum atomic E-state index is 13.5. The summed E-state index contributed by atoms with van der Waals surface area (Å²) in [5.41, 5.74) is 7.47. The summed E-state index contributed by atoms with van der Waals surface area (Å²) < 4.78 is 18.6. The van der Waals surface area contributed by atoms with Crippen LogP contribution >= 0.6 is 11.6 Å². The van der Waals surface area contributed by atoms with Crippen LogP contribution in [-0.2, 0) is 11.3 Å². The van der Waals surface area contributed by atoms with Crippen LogP contribution in [0.3, 0.4) is 0 Å². The number of carbonyl (C=O) groups excluding carboxylic acids is 1. The van der Waals surface area contributed by atoms with Crippen LogP contribution in [0.4, 0.5) is 10.1 Å². The topological polar surface area (TPSA) is 52.3 Å². The van der Waals surface area contributed by atoms with Crippen molar-refractivity contribution in [3.63, 3.8) is 0 Å². The van der Waals surface area contributed by atoms with Crippen LogP contribution in [0.2, 0.25) is 5.02 Å². The van der Waals surface area contributed by atoms with Crippen LogP contribution in [0.15, 0.2) is 36.4 Å². The second-order valence-corrected chi connectivity index (χ2v) is 4.77. The Morgan fingerprint density at radius 1 is 1.35 bits per heavy atom. The summed E-state index contributed by atoms with van der Waals surface area (Å²) in [6, 6.07) is 9.07. The molecule has 3 nitrogen and oxygen atoms in total. The van der Waals surface area contributed by atoms with Crippen LogP contribution in [-0.4, -0.2) is 5.97 Å². The number of rotatable bonds is 3. The third-order valence-electron chi connectivity index (χ3n) is 2.96. The number of carbonyl (C=O) groups is 1. The fourth-order valence-electron chi connectivity index (χ4n) is 1.75. The summed E-state index contributed by atoms with van der Waals surface area (Å²) in [5, 5.41) is 0.387. The van der Waals surface area contributed by atoms with Crippen molar-refractivity contribution < 1.29 is 13.9 Å². The Hall–Kier alpha value is -2.07. The van der Waals surface area contributed by atoms with E-state index in [1.54, 1.807) is 25.1 Å². The van der Waals surface area contributed by atoms with E-state index in [1.807, 2.05) is 0 Å². The number of esters is 1. The van der Waals surface area contributed by atoms with Gasteiger partial charge in [0.25, 0.3) is 0 Å². The van der Waals surface area contributed by atoms with Gasteiger partial charge < -0.3 is 10.5 Å². The van der Waals surface area contributed by atoms with Gasteiger partial charge in [0.2, 0.25) is 0 Å². The van der Waals surface area contributed by atoms with E-state index in [1.165, 1.54) is 18.2 Å². The van der Waals surface area contributed by atoms with Crippen LogP contribution in [0, 0.1) is 12.7 Å². The lowest BCUT2D eigenvalue weighted by molar-refractivity contribution is 0.0468. The minimum Gasteiger partial charge on any atom is -0.457 e. The quantitative estimate of drug-likeness (QED) is 0.693. The largest absolute Gasteiger partial charge is 0.457 e. The summed E-state index contributed by atoms with van der Waals surface area (Å²) in [6.07, 6.45) is 0. The molecule has 0 fully saturated rings. The molecule has 2 N–H and O–H groups in total. The summed E-state index contributed by atoms with van der Waals surface area (Å²) >= 11 is 5.77. The third-order valence-corrected chi connectivity index (χ3v) is 3.20. The highest BCUT2D eigenvalue weighted by Crippen LogP contribution is 2.19. The van der Waals surface area contributed by atoms with Gasteiger partial charge in [-0.25, -0.2) is 9.18 Å². The maximum Gasteiger partial charge on any atom is 0.338 e. The van der Waals surface area contributed by atoms with Gasteiger partial charge in [0.1, 0.15) is 12.4 Å². The Morgan fingerprint density at radius 2 is 2.10 bits per heavy atom. The van der Waals surface area contributed by atoms with E-state index in [4.69, 9.17) is 22.1 Å². The van der Waals surface area contributed by atoms with E-state index >= 15 is 0 Å². The molecule has 104 valence electrons. The molecule has 2 rings (SSSR count). The zero-order valence-electron chi connectivity index (χ0n) is 10.8. The second-order valence-electron chi connectivity index (χ2n) is 4.33. The zero-order chi connectivity index (χ0) is 14.7. The Morgan fingerprint density at radius 3 is 2.85 bits per heavy atom. The number of hydrogen-bond acceptors (Lipinski definition) is 3. The molecule has 2 aromatic rings. The van der Waals surface area contributed by atoms with Crippen molar-refractivity contribution in [2.45, 2.75) is 13.5 Å². The fraction of sp³-hybridized carbons (Fsp3) is 0.133. The predicted octanol–water partition coefficient (Wildman–Crippen LogP) is 3.73. The summed E-state index contributed by atoms with van der Waals surface area (Å²) in [6.45, 7) is 1.55. The molecule has 2 aromatic carbocycles. The van der Waals surface area contributed by atoms with Crippen molar-refractivity contribution in [1.82, 2.24) is 0 Å². The van der Waals surface area contributed by atoms with Crippen molar-refractivity contribution in [2.24, 2.45) is 0 Å². The molecular weight excluding hydrogens is 281 g/mol. The Kier molecular flexibility index (Phi) is 4.25. The minimum atomic E-state index is -0.547. The first-order valence-corrected chi connectivity index (χ1v) is 6.33. The lowest BCUT2D eigenvalue weighted by Crippen LogP contribution is -2.09. The lowest BCUT2D eigenvalue weighted by Gasteiger charge is -2.09. The number of nitrogen functional groups attached to an aromatic ring is 1. The van der Waals surface area contributed by atoms with Crippen molar-refractivity contribution >= 4 is 23.3 Å². The minimum absolute atomic E-state index is 0.181. The molecular formula is C15H13ClFNO2. The Bertz CT molecular complexity index is 658. The van der Waals surface area contributed by atoms with E-state index in [-0.39, 0.29) is 12.2 Å². The lowest BCUT2D eigenvalue weighted by atomic mass is 10.1. The molecule has 0 aliphatic heterocycles. The summed E-state index contributed by atoms with van der Waals surface area (Å²) in [5.74, 6) is -1.01. The van der Waals surface area contributed by atoms with Gasteiger partial charge in [0.15, 0.2) is 0 Å². The van der Waals surface area contributed by atoms with Crippen molar-refractivity contribution in [1.29, 1.82) is 0 Å². The molecule has 0 heterocycles. The van der Waals surface area contributed by atoms with Gasteiger partial charge in [-0.2, -0.15) is 0 Å². The van der Waals surface area contributed by atoms with Gasteiger partial charge in [-0.3, -0.25) is 0 Å². The van der Waals surface area contributed by atoms with Crippen LogP contribution < -0.4 is 5.73 Å². The first kappa shape index (κ1) is 14.3. The van der Waals surface area contributed by atoms with Crippen molar-refractivity contribution in [2.75, 3.05) is 5.73 Å². The molecule has 0 unspecified atom stereocenters. The van der Waals surface area contributed by atoms with E-state index in [2.05, 4.69) is 0 Å². The molecule has 0 aliphatic carbocycles. The third kappa shape index (κ3) is 3.08. The molecule has 0 aliphatic rings. The van der Waals surface area contributed by atoms with Gasteiger partial charge in [-0.1, -0.05) is 17.7 Å². The molecule has 0 aromatic heterocycles. The van der Waals surface area contributed by atoms with Crippen LogP contribution in [0.1, 0.15) is 21.5 Å². The van der Waals surface area contributed by atoms with Gasteiger partial charge in [-0.15, -0.1) is 0 Å². The smallest absolute Gasteiger partial charge is 0.338 e. The highest BCUT2D eigenvalue weighted by atomic mass is 35.5. The van der Waals surface area contributed by atoms with Gasteiger partial charge in [0, 0.05) is 16.3 Å². The maximum absolute atomic E-state index is 13.5. The normalized spacial score (nSPS) is 10.3. The van der Waals surface area contributed by atoms with Gasteiger partial charge in [-0.05, 0) is 42.8 Å². The second kappa shape index (κ2) is 5.92. The molecule has 0 amide bonds.